The molecule has 0 unspecified atom stereocenters. The largest absolute Gasteiger partial charge is 0.497 e. The second kappa shape index (κ2) is 9.27. The molecule has 6 heteroatoms. The molecule has 0 aliphatic carbocycles. The Morgan fingerprint density at radius 1 is 1.17 bits per heavy atom. The van der Waals surface area contributed by atoms with Crippen molar-refractivity contribution in [1.82, 2.24) is 4.98 Å². The molecule has 1 heterocycles. The molecule has 2 N–H and O–H groups in total. The monoisotopic (exact) mass is 349 g/mol. The van der Waals surface area contributed by atoms with Crippen LogP contribution in [-0.2, 0) is 0 Å². The lowest BCUT2D eigenvalue weighted by molar-refractivity contribution is 0.407. The van der Waals surface area contributed by atoms with Crippen molar-refractivity contribution in [3.8, 4) is 11.5 Å². The second-order valence-corrected chi connectivity index (χ2v) is 5.73. The number of aromatic nitrogens is 1. The molecular weight excluding hydrogens is 322 g/mol. The first kappa shape index (κ1) is 20.0. The first-order valence-electron chi connectivity index (χ1n) is 7.58. The van der Waals surface area contributed by atoms with Crippen LogP contribution in [0.25, 0.3) is 0 Å². The summed E-state index contributed by atoms with van der Waals surface area (Å²) in [6, 6.07) is 5.60. The minimum atomic E-state index is 0.635. The van der Waals surface area contributed by atoms with E-state index in [-0.39, 0.29) is 0 Å². The summed E-state index contributed by atoms with van der Waals surface area (Å²) < 4.78 is 10.3. The van der Waals surface area contributed by atoms with E-state index in [1.807, 2.05) is 51.0 Å². The van der Waals surface area contributed by atoms with Gasteiger partial charge < -0.3 is 20.1 Å². The van der Waals surface area contributed by atoms with Crippen molar-refractivity contribution in [2.24, 2.45) is 0 Å². The van der Waals surface area contributed by atoms with Gasteiger partial charge in [0.05, 0.1) is 31.5 Å². The van der Waals surface area contributed by atoms with Crippen molar-refractivity contribution < 1.29 is 9.47 Å². The molecular formula is C18H27N3O2S. The van der Waals surface area contributed by atoms with Crippen molar-refractivity contribution in [3.05, 3.63) is 41.2 Å². The molecule has 1 aromatic carbocycles. The van der Waals surface area contributed by atoms with Gasteiger partial charge in [0, 0.05) is 36.1 Å². The Morgan fingerprint density at radius 3 is 2.29 bits per heavy atom. The van der Waals surface area contributed by atoms with Crippen LogP contribution in [0.3, 0.4) is 0 Å². The number of benzene rings is 1. The summed E-state index contributed by atoms with van der Waals surface area (Å²) in [7, 11) is 5.25. The van der Waals surface area contributed by atoms with Gasteiger partial charge in [0.15, 0.2) is 0 Å². The van der Waals surface area contributed by atoms with Crippen LogP contribution in [-0.4, -0.2) is 32.1 Å². The third kappa shape index (κ3) is 4.96. The quantitative estimate of drug-likeness (QED) is 0.501. The Bertz CT molecular complexity index is 678. The Balaban J connectivity index is 0.000000243. The molecule has 0 aliphatic heterocycles. The number of methoxy groups -OCH3 is 2. The van der Waals surface area contributed by atoms with E-state index in [1.165, 1.54) is 0 Å². The molecule has 2 aromatic rings. The fraction of sp³-hybridized carbons (Fsp3) is 0.389. The number of nitrogen functional groups attached to an aromatic ring is 1. The fourth-order valence-corrected chi connectivity index (χ4v) is 2.36. The molecule has 0 bridgehead atoms. The Hall–Kier alpha value is -2.08. The Labute approximate surface area is 150 Å². The maximum absolute atomic E-state index is 5.82. The predicted molar refractivity (Wildman–Crippen MR) is 105 cm³/mol. The molecule has 0 saturated carbocycles. The molecule has 0 amide bonds. The molecule has 0 saturated heterocycles. The van der Waals surface area contributed by atoms with Gasteiger partial charge in [-0.3, -0.25) is 4.98 Å². The zero-order chi connectivity index (χ0) is 18.3. The number of aryl methyl sites for hydroxylation is 2. The summed E-state index contributed by atoms with van der Waals surface area (Å²) in [6.45, 7) is 6.00. The SMILES string of the molecule is COc1c(C)cnc(C)c1C.COc1ccc(N(C)CS)c(N)c1. The van der Waals surface area contributed by atoms with Crippen LogP contribution in [0.2, 0.25) is 0 Å². The van der Waals surface area contributed by atoms with Gasteiger partial charge in [-0.25, -0.2) is 0 Å². The van der Waals surface area contributed by atoms with E-state index < -0.39 is 0 Å². The van der Waals surface area contributed by atoms with Crippen LogP contribution in [0.1, 0.15) is 16.8 Å². The average Bonchev–Trinajstić information content (AvgIpc) is 2.58. The number of pyridine rings is 1. The first-order valence-corrected chi connectivity index (χ1v) is 8.21. The van der Waals surface area contributed by atoms with Crippen LogP contribution in [0.5, 0.6) is 11.5 Å². The summed E-state index contributed by atoms with van der Waals surface area (Å²) in [5.41, 5.74) is 10.8. The molecule has 0 atom stereocenters. The minimum absolute atomic E-state index is 0.635. The van der Waals surface area contributed by atoms with E-state index in [0.29, 0.717) is 11.6 Å². The maximum atomic E-state index is 5.82. The van der Waals surface area contributed by atoms with E-state index in [1.54, 1.807) is 20.3 Å². The van der Waals surface area contributed by atoms with E-state index in [4.69, 9.17) is 15.2 Å². The highest BCUT2D eigenvalue weighted by molar-refractivity contribution is 7.80. The van der Waals surface area contributed by atoms with Crippen molar-refractivity contribution in [3.63, 3.8) is 0 Å². The van der Waals surface area contributed by atoms with E-state index in [2.05, 4.69) is 17.6 Å². The number of thiol groups is 1. The number of hydrogen-bond acceptors (Lipinski definition) is 6. The number of rotatable bonds is 4. The second-order valence-electron chi connectivity index (χ2n) is 5.45. The smallest absolute Gasteiger partial charge is 0.128 e. The van der Waals surface area contributed by atoms with Crippen LogP contribution >= 0.6 is 12.6 Å². The Morgan fingerprint density at radius 2 is 1.83 bits per heavy atom. The fourth-order valence-electron chi connectivity index (χ4n) is 2.21. The van der Waals surface area contributed by atoms with E-state index in [0.717, 1.165) is 34.0 Å². The average molecular weight is 350 g/mol. The summed E-state index contributed by atoms with van der Waals surface area (Å²) in [5, 5.41) is 0. The minimum Gasteiger partial charge on any atom is -0.497 e. The van der Waals surface area contributed by atoms with E-state index >= 15 is 0 Å². The van der Waals surface area contributed by atoms with Crippen molar-refractivity contribution >= 4 is 24.0 Å². The zero-order valence-electron chi connectivity index (χ0n) is 15.3. The lowest BCUT2D eigenvalue weighted by Gasteiger charge is -2.18. The number of hydrogen-bond donors (Lipinski definition) is 2. The van der Waals surface area contributed by atoms with Gasteiger partial charge in [0.2, 0.25) is 0 Å². The van der Waals surface area contributed by atoms with Crippen molar-refractivity contribution in [2.45, 2.75) is 20.8 Å². The summed E-state index contributed by atoms with van der Waals surface area (Å²) in [4.78, 5) is 6.16. The van der Waals surface area contributed by atoms with Gasteiger partial charge >= 0.3 is 0 Å². The van der Waals surface area contributed by atoms with E-state index in [9.17, 15) is 0 Å². The lowest BCUT2D eigenvalue weighted by atomic mass is 10.1. The normalized spacial score (nSPS) is 9.79. The topological polar surface area (TPSA) is 60.6 Å². The number of anilines is 2. The van der Waals surface area contributed by atoms with Gasteiger partial charge in [-0.15, -0.1) is 0 Å². The van der Waals surface area contributed by atoms with Crippen LogP contribution < -0.4 is 20.1 Å². The van der Waals surface area contributed by atoms with Crippen molar-refractivity contribution in [1.29, 1.82) is 0 Å². The van der Waals surface area contributed by atoms with Gasteiger partial charge in [-0.05, 0) is 32.9 Å². The summed E-state index contributed by atoms with van der Waals surface area (Å²) in [5.74, 6) is 2.36. The molecule has 0 spiro atoms. The van der Waals surface area contributed by atoms with Gasteiger partial charge in [0.1, 0.15) is 11.5 Å². The summed E-state index contributed by atoms with van der Waals surface area (Å²) in [6.07, 6.45) is 1.83. The third-order valence-corrected chi connectivity index (χ3v) is 4.18. The molecule has 5 nitrogen and oxygen atoms in total. The molecule has 0 fully saturated rings. The highest BCUT2D eigenvalue weighted by Crippen LogP contribution is 2.26. The predicted octanol–water partition coefficient (Wildman–Crippen LogP) is 3.62. The molecule has 132 valence electrons. The number of nitrogens with two attached hydrogens (primary N) is 1. The highest BCUT2D eigenvalue weighted by Gasteiger charge is 2.05. The highest BCUT2D eigenvalue weighted by atomic mass is 32.1. The first-order chi connectivity index (χ1) is 11.3. The van der Waals surface area contributed by atoms with Crippen LogP contribution in [0.4, 0.5) is 11.4 Å². The van der Waals surface area contributed by atoms with Gasteiger partial charge in [0.25, 0.3) is 0 Å². The third-order valence-electron chi connectivity index (χ3n) is 3.76. The molecule has 0 radical (unpaired) electrons. The molecule has 0 aliphatic rings. The Kier molecular flexibility index (Phi) is 7.71. The molecule has 2 rings (SSSR count). The zero-order valence-corrected chi connectivity index (χ0v) is 16.1. The number of ether oxygens (including phenoxy) is 2. The number of nitrogens with zero attached hydrogens (tertiary/aromatic N) is 2. The molecule has 1 aromatic heterocycles. The standard InChI is InChI=1S/C9H14N2OS.C9H13NO/c1-11(6-13)9-4-3-7(12-2)5-8(9)10;1-6-5-10-8(3)7(2)9(6)11-4/h3-5,13H,6,10H2,1-2H3;5H,1-4H3. The summed E-state index contributed by atoms with van der Waals surface area (Å²) >= 11 is 4.16. The molecule has 24 heavy (non-hydrogen) atoms. The lowest BCUT2D eigenvalue weighted by Crippen LogP contribution is -2.15. The van der Waals surface area contributed by atoms with Gasteiger partial charge in [-0.1, -0.05) is 0 Å². The van der Waals surface area contributed by atoms with Crippen LogP contribution in [0.15, 0.2) is 24.4 Å². The van der Waals surface area contributed by atoms with Crippen molar-refractivity contribution in [2.75, 3.05) is 37.8 Å². The van der Waals surface area contributed by atoms with Gasteiger partial charge in [-0.2, -0.15) is 12.6 Å². The van der Waals surface area contributed by atoms with Crippen LogP contribution in [0, 0.1) is 20.8 Å². The maximum Gasteiger partial charge on any atom is 0.128 e.